The van der Waals surface area contributed by atoms with E-state index < -0.39 is 0 Å². The number of methoxy groups -OCH3 is 1. The normalized spacial score (nSPS) is 18.0. The third-order valence-corrected chi connectivity index (χ3v) is 4.47. The molecule has 1 aliphatic rings. The zero-order valence-corrected chi connectivity index (χ0v) is 18.1. The first kappa shape index (κ1) is 22.2. The lowest BCUT2D eigenvalue weighted by atomic mass is 9.97. The van der Waals surface area contributed by atoms with Crippen molar-refractivity contribution in [2.45, 2.75) is 46.2 Å². The van der Waals surface area contributed by atoms with Crippen LogP contribution in [0.5, 0.6) is 0 Å². The molecular formula is C17H32IN5O2. The molecule has 1 unspecified atom stereocenters. The Kier molecular flexibility index (Phi) is 9.73. The van der Waals surface area contributed by atoms with Crippen molar-refractivity contribution in [3.8, 4) is 0 Å². The van der Waals surface area contributed by atoms with E-state index in [4.69, 9.17) is 14.9 Å². The Bertz CT molecular complexity index is 522. The highest BCUT2D eigenvalue weighted by atomic mass is 127. The van der Waals surface area contributed by atoms with E-state index in [0.29, 0.717) is 18.5 Å². The Hall–Kier alpha value is -0.870. The third kappa shape index (κ3) is 7.49. The molecule has 8 heteroatoms. The number of halogens is 1. The molecule has 2 rings (SSSR count). The number of piperidine rings is 1. The zero-order chi connectivity index (χ0) is 17.5. The van der Waals surface area contributed by atoms with Crippen LogP contribution < -0.4 is 11.1 Å². The second kappa shape index (κ2) is 11.0. The number of aryl methyl sites for hydroxylation is 2. The van der Waals surface area contributed by atoms with Gasteiger partial charge in [-0.05, 0) is 52.6 Å². The lowest BCUT2D eigenvalue weighted by Gasteiger charge is -2.30. The van der Waals surface area contributed by atoms with Crippen LogP contribution in [0.25, 0.3) is 0 Å². The van der Waals surface area contributed by atoms with Gasteiger partial charge in [-0.1, -0.05) is 0 Å². The molecule has 7 nitrogen and oxygen atoms in total. The van der Waals surface area contributed by atoms with E-state index in [1.807, 2.05) is 20.8 Å². The molecule has 1 aliphatic heterocycles. The number of nitrogens with one attached hydrogen (secondary N) is 1. The minimum Gasteiger partial charge on any atom is -0.444 e. The number of hydrogen-bond acceptors (Lipinski definition) is 5. The SMILES string of the molecule is COCC(C)NC(N)=NCC1CCN(Cc2nc(C)c(C)o2)CC1.I. The van der Waals surface area contributed by atoms with Crippen LogP contribution >= 0.6 is 24.0 Å². The summed E-state index contributed by atoms with van der Waals surface area (Å²) in [4.78, 5) is 11.3. The van der Waals surface area contributed by atoms with E-state index in [1.54, 1.807) is 7.11 Å². The first-order valence-electron chi connectivity index (χ1n) is 8.68. The Morgan fingerprint density at radius 3 is 2.68 bits per heavy atom. The lowest BCUT2D eigenvalue weighted by Crippen LogP contribution is -2.41. The van der Waals surface area contributed by atoms with Crippen LogP contribution in [-0.4, -0.2) is 55.2 Å². The molecule has 25 heavy (non-hydrogen) atoms. The molecular weight excluding hydrogens is 433 g/mol. The predicted molar refractivity (Wildman–Crippen MR) is 110 cm³/mol. The number of nitrogens with two attached hydrogens (primary N) is 1. The molecule has 2 heterocycles. The van der Waals surface area contributed by atoms with Gasteiger partial charge in [0.15, 0.2) is 5.96 Å². The summed E-state index contributed by atoms with van der Waals surface area (Å²) in [6.45, 7) is 10.3. The summed E-state index contributed by atoms with van der Waals surface area (Å²) >= 11 is 0. The summed E-state index contributed by atoms with van der Waals surface area (Å²) in [6.07, 6.45) is 2.26. The van der Waals surface area contributed by atoms with Crippen LogP contribution in [0.2, 0.25) is 0 Å². The molecule has 1 aromatic heterocycles. The summed E-state index contributed by atoms with van der Waals surface area (Å²) in [5.74, 6) is 2.84. The molecule has 0 aliphatic carbocycles. The molecule has 1 atom stereocenters. The smallest absolute Gasteiger partial charge is 0.208 e. The lowest BCUT2D eigenvalue weighted by molar-refractivity contribution is 0.166. The average Bonchev–Trinajstić information content (AvgIpc) is 2.84. The van der Waals surface area contributed by atoms with Gasteiger partial charge >= 0.3 is 0 Å². The number of hydrogen-bond donors (Lipinski definition) is 2. The van der Waals surface area contributed by atoms with Crippen LogP contribution in [0.4, 0.5) is 0 Å². The summed E-state index contributed by atoms with van der Waals surface area (Å²) in [5, 5.41) is 3.14. The molecule has 0 saturated carbocycles. The van der Waals surface area contributed by atoms with Gasteiger partial charge in [-0.15, -0.1) is 24.0 Å². The second-order valence-electron chi connectivity index (χ2n) is 6.70. The summed E-state index contributed by atoms with van der Waals surface area (Å²) in [6, 6.07) is 0.174. The van der Waals surface area contributed by atoms with Gasteiger partial charge in [0.25, 0.3) is 0 Å². The van der Waals surface area contributed by atoms with E-state index in [9.17, 15) is 0 Å². The molecule has 144 valence electrons. The molecule has 3 N–H and O–H groups in total. The average molecular weight is 465 g/mol. The largest absolute Gasteiger partial charge is 0.444 e. The van der Waals surface area contributed by atoms with Gasteiger partial charge in [0.1, 0.15) is 5.76 Å². The van der Waals surface area contributed by atoms with E-state index in [1.165, 1.54) is 0 Å². The molecule has 1 aromatic rings. The number of oxazole rings is 1. The van der Waals surface area contributed by atoms with Gasteiger partial charge in [-0.25, -0.2) is 4.98 Å². The molecule has 0 aromatic carbocycles. The van der Waals surface area contributed by atoms with Gasteiger partial charge in [0.05, 0.1) is 18.8 Å². The van der Waals surface area contributed by atoms with Crippen LogP contribution in [0.1, 0.15) is 37.1 Å². The maximum Gasteiger partial charge on any atom is 0.208 e. The number of aromatic nitrogens is 1. The number of guanidine groups is 1. The minimum atomic E-state index is 0. The monoisotopic (exact) mass is 465 g/mol. The van der Waals surface area contributed by atoms with Gasteiger partial charge in [0, 0.05) is 19.7 Å². The number of likely N-dealkylation sites (tertiary alicyclic amines) is 1. The summed E-state index contributed by atoms with van der Waals surface area (Å²) < 4.78 is 10.7. The Morgan fingerprint density at radius 1 is 1.44 bits per heavy atom. The van der Waals surface area contributed by atoms with Crippen LogP contribution in [0, 0.1) is 19.8 Å². The van der Waals surface area contributed by atoms with Crippen LogP contribution in [0.15, 0.2) is 9.41 Å². The quantitative estimate of drug-likeness (QED) is 0.364. The summed E-state index contributed by atoms with van der Waals surface area (Å²) in [7, 11) is 1.68. The van der Waals surface area contributed by atoms with E-state index in [-0.39, 0.29) is 30.0 Å². The van der Waals surface area contributed by atoms with Gasteiger partial charge < -0.3 is 20.2 Å². The fraction of sp³-hybridized carbons (Fsp3) is 0.765. The number of ether oxygens (including phenoxy) is 1. The van der Waals surface area contributed by atoms with E-state index >= 15 is 0 Å². The van der Waals surface area contributed by atoms with Crippen molar-refractivity contribution in [3.05, 3.63) is 17.3 Å². The maximum atomic E-state index is 5.92. The predicted octanol–water partition coefficient (Wildman–Crippen LogP) is 2.06. The molecule has 0 radical (unpaired) electrons. The highest BCUT2D eigenvalue weighted by Gasteiger charge is 2.20. The minimum absolute atomic E-state index is 0. The molecule has 1 saturated heterocycles. The first-order chi connectivity index (χ1) is 11.5. The van der Waals surface area contributed by atoms with Crippen molar-refractivity contribution in [1.82, 2.24) is 15.2 Å². The Labute approximate surface area is 167 Å². The maximum absolute atomic E-state index is 5.92. The van der Waals surface area contributed by atoms with Crippen molar-refractivity contribution in [1.29, 1.82) is 0 Å². The van der Waals surface area contributed by atoms with Gasteiger partial charge in [0.2, 0.25) is 5.89 Å². The highest BCUT2D eigenvalue weighted by molar-refractivity contribution is 14.0. The van der Waals surface area contributed by atoms with Crippen molar-refractivity contribution in [2.24, 2.45) is 16.6 Å². The van der Waals surface area contributed by atoms with Crippen molar-refractivity contribution in [3.63, 3.8) is 0 Å². The molecule has 0 spiro atoms. The third-order valence-electron chi connectivity index (χ3n) is 4.47. The van der Waals surface area contributed by atoms with E-state index in [2.05, 4.69) is 20.2 Å². The Morgan fingerprint density at radius 2 is 2.12 bits per heavy atom. The first-order valence-corrected chi connectivity index (χ1v) is 8.68. The van der Waals surface area contributed by atoms with Crippen molar-refractivity contribution < 1.29 is 9.15 Å². The topological polar surface area (TPSA) is 88.9 Å². The zero-order valence-electron chi connectivity index (χ0n) is 15.7. The van der Waals surface area contributed by atoms with Gasteiger partial charge in [-0.3, -0.25) is 9.89 Å². The standard InChI is InChI=1S/C17H31N5O2.HI/c1-12(11-23-4)20-17(18)19-9-15-5-7-22(8-6-15)10-16-21-13(2)14(3)24-16;/h12,15H,5-11H2,1-4H3,(H3,18,19,20);1H. The van der Waals surface area contributed by atoms with Crippen molar-refractivity contribution in [2.75, 3.05) is 33.4 Å². The van der Waals surface area contributed by atoms with Crippen LogP contribution in [0.3, 0.4) is 0 Å². The highest BCUT2D eigenvalue weighted by Crippen LogP contribution is 2.20. The van der Waals surface area contributed by atoms with E-state index in [0.717, 1.165) is 56.4 Å². The Balaban J connectivity index is 0.00000312. The fourth-order valence-electron chi connectivity index (χ4n) is 2.94. The molecule has 0 amide bonds. The molecule has 0 bridgehead atoms. The number of rotatable bonds is 7. The van der Waals surface area contributed by atoms with Crippen LogP contribution in [-0.2, 0) is 11.3 Å². The fourth-order valence-corrected chi connectivity index (χ4v) is 2.94. The number of aliphatic imine (C=N–C) groups is 1. The van der Waals surface area contributed by atoms with Gasteiger partial charge in [-0.2, -0.15) is 0 Å². The summed E-state index contributed by atoms with van der Waals surface area (Å²) in [5.41, 5.74) is 6.91. The van der Waals surface area contributed by atoms with Crippen molar-refractivity contribution >= 4 is 29.9 Å². The number of nitrogens with zero attached hydrogens (tertiary/aromatic N) is 3. The molecule has 1 fully saturated rings. The second-order valence-corrected chi connectivity index (χ2v) is 6.70.